The van der Waals surface area contributed by atoms with Crippen LogP contribution in [-0.4, -0.2) is 20.0 Å². The van der Waals surface area contributed by atoms with E-state index in [1.54, 1.807) is 0 Å². The minimum atomic E-state index is 0.397. The Morgan fingerprint density at radius 3 is 0.864 bits per heavy atom. The van der Waals surface area contributed by atoms with Gasteiger partial charge in [-0.1, -0.05) is 126 Å². The molecular weight excluding hydrogens is 344 g/mol. The zero-order valence-electron chi connectivity index (χ0n) is 16.9. The van der Waals surface area contributed by atoms with Crippen LogP contribution in [0.3, 0.4) is 0 Å². The van der Waals surface area contributed by atoms with Crippen LogP contribution in [0.25, 0.3) is 0 Å². The van der Waals surface area contributed by atoms with Gasteiger partial charge in [0.15, 0.2) is 0 Å². The van der Waals surface area contributed by atoms with Crippen LogP contribution in [0.4, 0.5) is 0 Å². The molecule has 0 spiro atoms. The SMILES string of the molecule is CC(C)[C@@H](C)SSC(C)(C)C.CC(C)[C@H](C)SSC(C)(C)C. The molecule has 0 radical (unpaired) electrons. The van der Waals surface area contributed by atoms with Crippen LogP contribution in [0.15, 0.2) is 0 Å². The van der Waals surface area contributed by atoms with E-state index in [1.807, 2.05) is 43.2 Å². The van der Waals surface area contributed by atoms with Crippen molar-refractivity contribution in [3.8, 4) is 0 Å². The van der Waals surface area contributed by atoms with Crippen molar-refractivity contribution in [2.24, 2.45) is 11.8 Å². The van der Waals surface area contributed by atoms with Gasteiger partial charge in [0.1, 0.15) is 0 Å². The summed E-state index contributed by atoms with van der Waals surface area (Å²) in [6.07, 6.45) is 0. The van der Waals surface area contributed by atoms with Crippen molar-refractivity contribution >= 4 is 43.2 Å². The molecule has 0 nitrogen and oxygen atoms in total. The normalized spacial score (nSPS) is 15.5. The third-order valence-corrected chi connectivity index (χ3v) is 11.1. The van der Waals surface area contributed by atoms with Gasteiger partial charge in [0, 0.05) is 20.0 Å². The monoisotopic (exact) mass is 384 g/mol. The van der Waals surface area contributed by atoms with Gasteiger partial charge < -0.3 is 0 Å². The molecule has 136 valence electrons. The molecule has 0 bridgehead atoms. The predicted molar refractivity (Wildman–Crippen MR) is 118 cm³/mol. The molecule has 0 aliphatic carbocycles. The molecule has 4 heteroatoms. The van der Waals surface area contributed by atoms with Crippen molar-refractivity contribution in [3.63, 3.8) is 0 Å². The Morgan fingerprint density at radius 2 is 0.727 bits per heavy atom. The lowest BCUT2D eigenvalue weighted by molar-refractivity contribution is 0.645. The molecule has 0 unspecified atom stereocenters. The molecule has 0 aliphatic rings. The second kappa shape index (κ2) is 11.9. The third kappa shape index (κ3) is 19.4. The van der Waals surface area contributed by atoms with Crippen molar-refractivity contribution in [2.75, 3.05) is 0 Å². The van der Waals surface area contributed by atoms with E-state index in [4.69, 9.17) is 0 Å². The lowest BCUT2D eigenvalue weighted by Crippen LogP contribution is -2.09. The van der Waals surface area contributed by atoms with Crippen molar-refractivity contribution < 1.29 is 0 Å². The van der Waals surface area contributed by atoms with Gasteiger partial charge in [-0.25, -0.2) is 0 Å². The first-order valence-electron chi connectivity index (χ1n) is 8.34. The Hall–Kier alpha value is 1.40. The standard InChI is InChI=1S/2C9H20S2/c2*1-7(2)8(3)10-11-9(4,5)6/h2*7-8H,1-6H3/t2*8-/m10/s1. The maximum absolute atomic E-state index is 2.30. The number of hydrogen-bond donors (Lipinski definition) is 0. The smallest absolute Gasteiger partial charge is 0.0179 e. The summed E-state index contributed by atoms with van der Waals surface area (Å²) in [6, 6.07) is 0. The molecule has 2 atom stereocenters. The van der Waals surface area contributed by atoms with Crippen LogP contribution in [0, 0.1) is 11.8 Å². The number of rotatable bonds is 6. The van der Waals surface area contributed by atoms with E-state index in [9.17, 15) is 0 Å². The summed E-state index contributed by atoms with van der Waals surface area (Å²) in [6.45, 7) is 27.3. The largest absolute Gasteiger partial charge is 0.0902 e. The average molecular weight is 385 g/mol. The fourth-order valence-electron chi connectivity index (χ4n) is 0.663. The Morgan fingerprint density at radius 1 is 0.500 bits per heavy atom. The molecular formula is C18H40S4. The van der Waals surface area contributed by atoms with E-state index in [0.717, 1.165) is 22.3 Å². The highest BCUT2D eigenvalue weighted by Gasteiger charge is 2.16. The van der Waals surface area contributed by atoms with Crippen molar-refractivity contribution in [1.82, 2.24) is 0 Å². The molecule has 0 aromatic rings. The van der Waals surface area contributed by atoms with Gasteiger partial charge in [-0.3, -0.25) is 0 Å². The number of hydrogen-bond acceptors (Lipinski definition) is 4. The topological polar surface area (TPSA) is 0 Å². The van der Waals surface area contributed by atoms with Gasteiger partial charge in [-0.2, -0.15) is 0 Å². The van der Waals surface area contributed by atoms with Crippen LogP contribution in [0.1, 0.15) is 83.1 Å². The highest BCUT2D eigenvalue weighted by atomic mass is 33.1. The maximum atomic E-state index is 2.30. The zero-order valence-corrected chi connectivity index (χ0v) is 20.2. The Balaban J connectivity index is 0. The van der Waals surface area contributed by atoms with E-state index in [1.165, 1.54) is 0 Å². The van der Waals surface area contributed by atoms with Crippen LogP contribution in [0.2, 0.25) is 0 Å². The molecule has 22 heavy (non-hydrogen) atoms. The molecule has 0 aliphatic heterocycles. The van der Waals surface area contributed by atoms with E-state index in [-0.39, 0.29) is 0 Å². The minimum Gasteiger partial charge on any atom is -0.0902 e. The summed E-state index contributed by atoms with van der Waals surface area (Å²) in [5.41, 5.74) is 0. The highest BCUT2D eigenvalue weighted by molar-refractivity contribution is 8.77. The van der Waals surface area contributed by atoms with Crippen molar-refractivity contribution in [2.45, 2.75) is 103 Å². The van der Waals surface area contributed by atoms with Gasteiger partial charge >= 0.3 is 0 Å². The molecule has 0 aromatic carbocycles. The zero-order chi connectivity index (χ0) is 18.1. The van der Waals surface area contributed by atoms with Crippen LogP contribution >= 0.6 is 43.2 Å². The second-order valence-corrected chi connectivity index (χ2v) is 15.3. The Bertz CT molecular complexity index is 233. The van der Waals surface area contributed by atoms with E-state index < -0.39 is 0 Å². The first-order valence-corrected chi connectivity index (χ1v) is 12.8. The maximum Gasteiger partial charge on any atom is 0.0179 e. The molecule has 0 fully saturated rings. The fraction of sp³-hybridized carbons (Fsp3) is 1.00. The molecule has 0 aromatic heterocycles. The summed E-state index contributed by atoms with van der Waals surface area (Å²) in [5, 5.41) is 1.53. The minimum absolute atomic E-state index is 0.397. The fourth-order valence-corrected chi connectivity index (χ4v) is 5.96. The summed E-state index contributed by atoms with van der Waals surface area (Å²) in [5.74, 6) is 1.57. The first kappa shape index (κ1) is 25.6. The Kier molecular flexibility index (Phi) is 13.8. The first-order chi connectivity index (χ1) is 9.65. The van der Waals surface area contributed by atoms with Crippen LogP contribution < -0.4 is 0 Å². The van der Waals surface area contributed by atoms with E-state index >= 15 is 0 Å². The van der Waals surface area contributed by atoms with E-state index in [2.05, 4.69) is 83.1 Å². The van der Waals surface area contributed by atoms with Gasteiger partial charge in [0.2, 0.25) is 0 Å². The Labute approximate surface area is 157 Å². The lowest BCUT2D eigenvalue weighted by Gasteiger charge is -2.21. The van der Waals surface area contributed by atoms with Gasteiger partial charge in [0.05, 0.1) is 0 Å². The molecule has 0 rings (SSSR count). The quantitative estimate of drug-likeness (QED) is 0.421. The van der Waals surface area contributed by atoms with Crippen LogP contribution in [-0.2, 0) is 0 Å². The van der Waals surface area contributed by atoms with Crippen LogP contribution in [0.5, 0.6) is 0 Å². The van der Waals surface area contributed by atoms with E-state index in [0.29, 0.717) is 9.49 Å². The summed E-state index contributed by atoms with van der Waals surface area (Å²) in [7, 11) is 7.99. The van der Waals surface area contributed by atoms with Gasteiger partial charge in [0.25, 0.3) is 0 Å². The van der Waals surface area contributed by atoms with Crippen molar-refractivity contribution in [1.29, 1.82) is 0 Å². The molecule has 0 N–H and O–H groups in total. The lowest BCUT2D eigenvalue weighted by atomic mass is 10.2. The highest BCUT2D eigenvalue weighted by Crippen LogP contribution is 2.40. The summed E-state index contributed by atoms with van der Waals surface area (Å²) < 4.78 is 0.793. The van der Waals surface area contributed by atoms with Gasteiger partial charge in [-0.15, -0.1) is 0 Å². The predicted octanol–water partition coefficient (Wildman–Crippen LogP) is 8.42. The molecule has 0 saturated heterocycles. The molecule has 0 amide bonds. The van der Waals surface area contributed by atoms with Crippen molar-refractivity contribution in [3.05, 3.63) is 0 Å². The second-order valence-electron chi connectivity index (χ2n) is 8.48. The summed E-state index contributed by atoms with van der Waals surface area (Å²) in [4.78, 5) is 0. The average Bonchev–Trinajstić information content (AvgIpc) is 2.31. The third-order valence-electron chi connectivity index (χ3n) is 2.78. The summed E-state index contributed by atoms with van der Waals surface area (Å²) >= 11 is 0. The molecule has 0 saturated carbocycles. The molecule has 0 heterocycles. The van der Waals surface area contributed by atoms with Gasteiger partial charge in [-0.05, 0) is 11.8 Å².